The number of nitrogens with zero attached hydrogens (tertiary/aromatic N) is 1. The highest BCUT2D eigenvalue weighted by atomic mass is 16.5. The van der Waals surface area contributed by atoms with Crippen molar-refractivity contribution < 1.29 is 4.74 Å². The van der Waals surface area contributed by atoms with Crippen LogP contribution in [-0.2, 0) is 11.3 Å². The van der Waals surface area contributed by atoms with Gasteiger partial charge in [0.1, 0.15) is 0 Å². The van der Waals surface area contributed by atoms with E-state index in [1.807, 2.05) is 19.2 Å². The van der Waals surface area contributed by atoms with Crippen molar-refractivity contribution in [3.8, 4) is 0 Å². The van der Waals surface area contributed by atoms with E-state index in [4.69, 9.17) is 4.74 Å². The van der Waals surface area contributed by atoms with Crippen molar-refractivity contribution in [2.24, 2.45) is 0 Å². The summed E-state index contributed by atoms with van der Waals surface area (Å²) in [5, 5.41) is 3.41. The van der Waals surface area contributed by atoms with Gasteiger partial charge >= 0.3 is 0 Å². The van der Waals surface area contributed by atoms with E-state index in [1.165, 1.54) is 5.56 Å². The van der Waals surface area contributed by atoms with Gasteiger partial charge in [-0.1, -0.05) is 6.07 Å². The first-order valence-electron chi connectivity index (χ1n) is 4.58. The Hall–Kier alpha value is -0.930. The summed E-state index contributed by atoms with van der Waals surface area (Å²) in [7, 11) is 0. The van der Waals surface area contributed by atoms with Crippen LogP contribution in [-0.4, -0.2) is 24.2 Å². The first kappa shape index (κ1) is 8.66. The SMILES string of the molecule is Cc1ncccc1CNC1COC1. The van der Waals surface area contributed by atoms with Crippen LogP contribution in [0.4, 0.5) is 0 Å². The zero-order chi connectivity index (χ0) is 9.10. The van der Waals surface area contributed by atoms with Crippen molar-refractivity contribution in [2.75, 3.05) is 13.2 Å². The van der Waals surface area contributed by atoms with Crippen LogP contribution in [0.5, 0.6) is 0 Å². The molecule has 2 heterocycles. The number of aromatic nitrogens is 1. The van der Waals surface area contributed by atoms with Crippen molar-refractivity contribution in [3.05, 3.63) is 29.6 Å². The van der Waals surface area contributed by atoms with Gasteiger partial charge < -0.3 is 10.1 Å². The maximum atomic E-state index is 5.08. The summed E-state index contributed by atoms with van der Waals surface area (Å²) in [6.07, 6.45) is 1.82. The normalized spacial score (nSPS) is 17.0. The van der Waals surface area contributed by atoms with Crippen molar-refractivity contribution in [1.82, 2.24) is 10.3 Å². The van der Waals surface area contributed by atoms with Gasteiger partial charge in [-0.3, -0.25) is 4.98 Å². The van der Waals surface area contributed by atoms with E-state index in [9.17, 15) is 0 Å². The highest BCUT2D eigenvalue weighted by Gasteiger charge is 2.17. The van der Waals surface area contributed by atoms with Crippen molar-refractivity contribution in [2.45, 2.75) is 19.5 Å². The van der Waals surface area contributed by atoms with Gasteiger partial charge in [0, 0.05) is 18.4 Å². The van der Waals surface area contributed by atoms with Crippen LogP contribution in [0.25, 0.3) is 0 Å². The third-order valence-electron chi connectivity index (χ3n) is 2.34. The van der Waals surface area contributed by atoms with Crippen LogP contribution in [0.2, 0.25) is 0 Å². The van der Waals surface area contributed by atoms with Gasteiger partial charge in [-0.15, -0.1) is 0 Å². The lowest BCUT2D eigenvalue weighted by atomic mass is 10.2. The fourth-order valence-electron chi connectivity index (χ4n) is 1.31. The Balaban J connectivity index is 1.89. The molecule has 0 unspecified atom stereocenters. The molecule has 1 fully saturated rings. The molecule has 0 bridgehead atoms. The molecule has 13 heavy (non-hydrogen) atoms. The molecular formula is C10H14N2O. The molecule has 1 N–H and O–H groups in total. The van der Waals surface area contributed by atoms with Crippen molar-refractivity contribution >= 4 is 0 Å². The minimum Gasteiger partial charge on any atom is -0.378 e. The highest BCUT2D eigenvalue weighted by molar-refractivity contribution is 5.17. The second-order valence-corrected chi connectivity index (χ2v) is 3.36. The van der Waals surface area contributed by atoms with Gasteiger partial charge in [-0.2, -0.15) is 0 Å². The van der Waals surface area contributed by atoms with E-state index in [0.717, 1.165) is 25.5 Å². The van der Waals surface area contributed by atoms with E-state index in [1.54, 1.807) is 0 Å². The average molecular weight is 178 g/mol. The maximum absolute atomic E-state index is 5.08. The number of hydrogen-bond donors (Lipinski definition) is 1. The Labute approximate surface area is 78.1 Å². The van der Waals surface area contributed by atoms with E-state index in [2.05, 4.69) is 16.4 Å². The molecular weight excluding hydrogens is 164 g/mol. The molecule has 3 heteroatoms. The molecule has 0 radical (unpaired) electrons. The van der Waals surface area contributed by atoms with Crippen LogP contribution < -0.4 is 5.32 Å². The minimum absolute atomic E-state index is 0.541. The molecule has 3 nitrogen and oxygen atoms in total. The smallest absolute Gasteiger partial charge is 0.0643 e. The standard InChI is InChI=1S/C10H14N2O/c1-8-9(3-2-4-11-8)5-12-10-6-13-7-10/h2-4,10,12H,5-7H2,1H3. The second kappa shape index (κ2) is 3.85. The van der Waals surface area contributed by atoms with Crippen LogP contribution in [0.1, 0.15) is 11.3 Å². The summed E-state index contributed by atoms with van der Waals surface area (Å²) < 4.78 is 5.08. The Kier molecular flexibility index (Phi) is 2.57. The molecule has 1 aliphatic rings. The molecule has 70 valence electrons. The molecule has 1 aromatic rings. The quantitative estimate of drug-likeness (QED) is 0.746. The fraction of sp³-hybridized carbons (Fsp3) is 0.500. The third-order valence-corrected chi connectivity index (χ3v) is 2.34. The van der Waals surface area contributed by atoms with Gasteiger partial charge in [-0.05, 0) is 18.6 Å². The highest BCUT2D eigenvalue weighted by Crippen LogP contribution is 2.05. The van der Waals surface area contributed by atoms with Gasteiger partial charge in [0.25, 0.3) is 0 Å². The predicted octanol–water partition coefficient (Wildman–Crippen LogP) is 0.878. The van der Waals surface area contributed by atoms with Gasteiger partial charge in [-0.25, -0.2) is 0 Å². The lowest BCUT2D eigenvalue weighted by Crippen LogP contribution is -2.45. The fourth-order valence-corrected chi connectivity index (χ4v) is 1.31. The number of hydrogen-bond acceptors (Lipinski definition) is 3. The third kappa shape index (κ3) is 2.05. The largest absolute Gasteiger partial charge is 0.378 e. The summed E-state index contributed by atoms with van der Waals surface area (Å²) >= 11 is 0. The minimum atomic E-state index is 0.541. The second-order valence-electron chi connectivity index (χ2n) is 3.36. The molecule has 0 aliphatic carbocycles. The molecule has 0 amide bonds. The summed E-state index contributed by atoms with van der Waals surface area (Å²) in [6.45, 7) is 4.63. The Morgan fingerprint density at radius 3 is 3.08 bits per heavy atom. The van der Waals surface area contributed by atoms with Crippen LogP contribution in [0, 0.1) is 6.92 Å². The van der Waals surface area contributed by atoms with Crippen LogP contribution in [0.3, 0.4) is 0 Å². The maximum Gasteiger partial charge on any atom is 0.0643 e. The number of ether oxygens (including phenoxy) is 1. The monoisotopic (exact) mass is 178 g/mol. The molecule has 2 rings (SSSR count). The number of rotatable bonds is 3. The van der Waals surface area contributed by atoms with Crippen LogP contribution in [0.15, 0.2) is 18.3 Å². The zero-order valence-electron chi connectivity index (χ0n) is 7.79. The van der Waals surface area contributed by atoms with Crippen molar-refractivity contribution in [3.63, 3.8) is 0 Å². The summed E-state index contributed by atoms with van der Waals surface area (Å²) in [5.41, 5.74) is 2.38. The first-order chi connectivity index (χ1) is 6.36. The first-order valence-corrected chi connectivity index (χ1v) is 4.58. The Bertz CT molecular complexity index is 284. The summed E-state index contributed by atoms with van der Waals surface area (Å²) in [6, 6.07) is 4.62. The van der Waals surface area contributed by atoms with E-state index < -0.39 is 0 Å². The lowest BCUT2D eigenvalue weighted by Gasteiger charge is -2.27. The lowest BCUT2D eigenvalue weighted by molar-refractivity contribution is -0.00581. The number of nitrogens with one attached hydrogen (secondary N) is 1. The molecule has 0 aromatic carbocycles. The Morgan fingerprint density at radius 2 is 2.46 bits per heavy atom. The molecule has 1 aromatic heterocycles. The van der Waals surface area contributed by atoms with Gasteiger partial charge in [0.2, 0.25) is 0 Å². The molecule has 0 spiro atoms. The topological polar surface area (TPSA) is 34.2 Å². The molecule has 1 aliphatic heterocycles. The Morgan fingerprint density at radius 1 is 1.62 bits per heavy atom. The molecule has 0 saturated carbocycles. The zero-order valence-corrected chi connectivity index (χ0v) is 7.79. The predicted molar refractivity (Wildman–Crippen MR) is 50.4 cm³/mol. The van der Waals surface area contributed by atoms with E-state index in [0.29, 0.717) is 6.04 Å². The van der Waals surface area contributed by atoms with Gasteiger partial charge in [0.15, 0.2) is 0 Å². The van der Waals surface area contributed by atoms with Crippen molar-refractivity contribution in [1.29, 1.82) is 0 Å². The molecule has 1 saturated heterocycles. The van der Waals surface area contributed by atoms with Crippen LogP contribution >= 0.6 is 0 Å². The average Bonchev–Trinajstić information content (AvgIpc) is 2.05. The summed E-state index contributed by atoms with van der Waals surface area (Å²) in [4.78, 5) is 4.23. The summed E-state index contributed by atoms with van der Waals surface area (Å²) in [5.74, 6) is 0. The van der Waals surface area contributed by atoms with E-state index in [-0.39, 0.29) is 0 Å². The van der Waals surface area contributed by atoms with Gasteiger partial charge in [0.05, 0.1) is 19.3 Å². The number of pyridine rings is 1. The molecule has 0 atom stereocenters. The van der Waals surface area contributed by atoms with E-state index >= 15 is 0 Å². The number of aryl methyl sites for hydroxylation is 1.